The van der Waals surface area contributed by atoms with Gasteiger partial charge >= 0.3 is 0 Å². The number of hydrogen-bond acceptors (Lipinski definition) is 9. The fraction of sp³-hybridized carbons (Fsp3) is 0.105. The molecule has 152 valence electrons. The Bertz CT molecular complexity index is 1170. The third-order valence-corrected chi connectivity index (χ3v) is 5.85. The van der Waals surface area contributed by atoms with Crippen molar-refractivity contribution in [3.05, 3.63) is 60.0 Å². The number of carbonyl (C=O) groups is 2. The zero-order valence-electron chi connectivity index (χ0n) is 15.6. The molecule has 30 heavy (non-hydrogen) atoms. The SMILES string of the molecule is Cc1ccccc1NC(=O)CSc1nnc(NC(=O)c2cc(-c3ccco3)on2)s1. The minimum atomic E-state index is -0.485. The number of nitrogens with zero attached hydrogens (tertiary/aromatic N) is 3. The van der Waals surface area contributed by atoms with Gasteiger partial charge in [0.25, 0.3) is 5.91 Å². The second-order valence-corrected chi connectivity index (χ2v) is 8.23. The number of para-hydroxylation sites is 1. The van der Waals surface area contributed by atoms with Gasteiger partial charge in [-0.25, -0.2) is 0 Å². The van der Waals surface area contributed by atoms with E-state index in [1.807, 2.05) is 31.2 Å². The van der Waals surface area contributed by atoms with Gasteiger partial charge in [-0.15, -0.1) is 10.2 Å². The Kier molecular flexibility index (Phi) is 5.91. The lowest BCUT2D eigenvalue weighted by molar-refractivity contribution is -0.113. The van der Waals surface area contributed by atoms with Crippen molar-refractivity contribution >= 4 is 45.7 Å². The number of nitrogens with one attached hydrogen (secondary N) is 2. The van der Waals surface area contributed by atoms with Crippen LogP contribution in [-0.2, 0) is 4.79 Å². The lowest BCUT2D eigenvalue weighted by Crippen LogP contribution is -2.14. The van der Waals surface area contributed by atoms with Gasteiger partial charge in [0.2, 0.25) is 16.8 Å². The topological polar surface area (TPSA) is 123 Å². The lowest BCUT2D eigenvalue weighted by Gasteiger charge is -2.06. The highest BCUT2D eigenvalue weighted by Crippen LogP contribution is 2.27. The zero-order chi connectivity index (χ0) is 20.9. The van der Waals surface area contributed by atoms with Gasteiger partial charge in [0.05, 0.1) is 12.0 Å². The molecule has 9 nitrogen and oxygen atoms in total. The van der Waals surface area contributed by atoms with Crippen LogP contribution in [0.5, 0.6) is 0 Å². The highest BCUT2D eigenvalue weighted by Gasteiger charge is 2.17. The van der Waals surface area contributed by atoms with Crippen LogP contribution in [0.15, 0.2) is 62.0 Å². The Hall–Kier alpha value is -3.44. The summed E-state index contributed by atoms with van der Waals surface area (Å²) in [5.74, 6) is 0.357. The minimum absolute atomic E-state index is 0.0865. The molecule has 0 saturated heterocycles. The van der Waals surface area contributed by atoms with E-state index < -0.39 is 5.91 Å². The molecule has 0 fully saturated rings. The van der Waals surface area contributed by atoms with Crippen LogP contribution in [-0.4, -0.2) is 32.9 Å². The van der Waals surface area contributed by atoms with Gasteiger partial charge in [-0.2, -0.15) is 0 Å². The maximum absolute atomic E-state index is 12.3. The van der Waals surface area contributed by atoms with Crippen molar-refractivity contribution in [2.24, 2.45) is 0 Å². The minimum Gasteiger partial charge on any atom is -0.461 e. The average molecular weight is 441 g/mol. The summed E-state index contributed by atoms with van der Waals surface area (Å²) in [5, 5.41) is 17.4. The number of aromatic nitrogens is 3. The Morgan fingerprint density at radius 3 is 2.77 bits per heavy atom. The molecule has 0 aliphatic rings. The molecule has 0 aliphatic carbocycles. The van der Waals surface area contributed by atoms with Crippen molar-refractivity contribution < 1.29 is 18.5 Å². The lowest BCUT2D eigenvalue weighted by atomic mass is 10.2. The van der Waals surface area contributed by atoms with Gasteiger partial charge in [0, 0.05) is 11.8 Å². The summed E-state index contributed by atoms with van der Waals surface area (Å²) in [4.78, 5) is 24.4. The second kappa shape index (κ2) is 8.93. The first-order valence-electron chi connectivity index (χ1n) is 8.72. The fourth-order valence-corrected chi connectivity index (χ4v) is 3.97. The molecule has 3 aromatic heterocycles. The Morgan fingerprint density at radius 2 is 1.97 bits per heavy atom. The smallest absolute Gasteiger partial charge is 0.279 e. The molecule has 0 aliphatic heterocycles. The zero-order valence-corrected chi connectivity index (χ0v) is 17.3. The van der Waals surface area contributed by atoms with Gasteiger partial charge in [0.1, 0.15) is 0 Å². The molecular formula is C19H15N5O4S2. The molecule has 1 aromatic carbocycles. The number of benzene rings is 1. The van der Waals surface area contributed by atoms with Crippen LogP contribution in [0, 0.1) is 6.92 Å². The molecule has 2 N–H and O–H groups in total. The van der Waals surface area contributed by atoms with Gasteiger partial charge in [0.15, 0.2) is 15.8 Å². The third-order valence-electron chi connectivity index (χ3n) is 3.88. The van der Waals surface area contributed by atoms with E-state index >= 15 is 0 Å². The van der Waals surface area contributed by atoms with Crippen molar-refractivity contribution in [1.82, 2.24) is 15.4 Å². The summed E-state index contributed by atoms with van der Waals surface area (Å²) in [7, 11) is 0. The molecule has 0 spiro atoms. The summed E-state index contributed by atoms with van der Waals surface area (Å²) in [6, 6.07) is 12.4. The van der Waals surface area contributed by atoms with E-state index in [0.717, 1.165) is 22.6 Å². The summed E-state index contributed by atoms with van der Waals surface area (Å²) in [6.07, 6.45) is 1.50. The average Bonchev–Trinajstić information content (AvgIpc) is 3.49. The fourth-order valence-electron chi connectivity index (χ4n) is 2.42. The summed E-state index contributed by atoms with van der Waals surface area (Å²) < 4.78 is 10.9. The van der Waals surface area contributed by atoms with Crippen molar-refractivity contribution in [2.45, 2.75) is 11.3 Å². The second-order valence-electron chi connectivity index (χ2n) is 6.03. The van der Waals surface area contributed by atoms with Gasteiger partial charge in [-0.3, -0.25) is 14.9 Å². The van der Waals surface area contributed by atoms with Gasteiger partial charge in [-0.1, -0.05) is 46.5 Å². The van der Waals surface area contributed by atoms with Crippen LogP contribution in [0.25, 0.3) is 11.5 Å². The summed E-state index contributed by atoms with van der Waals surface area (Å²) >= 11 is 2.40. The van der Waals surface area contributed by atoms with E-state index in [1.54, 1.807) is 12.1 Å². The largest absolute Gasteiger partial charge is 0.461 e. The van der Waals surface area contributed by atoms with Gasteiger partial charge < -0.3 is 14.3 Å². The normalized spacial score (nSPS) is 10.7. The molecule has 4 rings (SSSR count). The molecular weight excluding hydrogens is 426 g/mol. The Morgan fingerprint density at radius 1 is 1.10 bits per heavy atom. The first kappa shape index (κ1) is 19.9. The van der Waals surface area contributed by atoms with Crippen LogP contribution in [0.2, 0.25) is 0 Å². The van der Waals surface area contributed by atoms with Crippen molar-refractivity contribution in [2.75, 3.05) is 16.4 Å². The highest BCUT2D eigenvalue weighted by molar-refractivity contribution is 8.01. The predicted octanol–water partition coefficient (Wildman–Crippen LogP) is 4.08. The monoisotopic (exact) mass is 441 g/mol. The molecule has 0 unspecified atom stereocenters. The third kappa shape index (κ3) is 4.75. The van der Waals surface area contributed by atoms with Crippen molar-refractivity contribution in [1.29, 1.82) is 0 Å². The summed E-state index contributed by atoms with van der Waals surface area (Å²) in [5.41, 5.74) is 1.85. The van der Waals surface area contributed by atoms with E-state index in [1.165, 1.54) is 24.1 Å². The van der Waals surface area contributed by atoms with Gasteiger partial charge in [-0.05, 0) is 30.7 Å². The first-order valence-corrected chi connectivity index (χ1v) is 10.5. The van der Waals surface area contributed by atoms with Crippen LogP contribution in [0.1, 0.15) is 16.1 Å². The van der Waals surface area contributed by atoms with Crippen LogP contribution in [0.3, 0.4) is 0 Å². The van der Waals surface area contributed by atoms with E-state index in [9.17, 15) is 9.59 Å². The van der Waals surface area contributed by atoms with E-state index in [-0.39, 0.29) is 17.4 Å². The number of aryl methyl sites for hydroxylation is 1. The van der Waals surface area contributed by atoms with Crippen LogP contribution >= 0.6 is 23.1 Å². The maximum atomic E-state index is 12.3. The first-order chi connectivity index (χ1) is 14.6. The van der Waals surface area contributed by atoms with E-state index in [4.69, 9.17) is 8.94 Å². The number of carbonyl (C=O) groups excluding carboxylic acids is 2. The van der Waals surface area contributed by atoms with E-state index in [2.05, 4.69) is 26.0 Å². The van der Waals surface area contributed by atoms with E-state index in [0.29, 0.717) is 21.0 Å². The maximum Gasteiger partial charge on any atom is 0.279 e. The molecule has 2 amide bonds. The molecule has 3 heterocycles. The quantitative estimate of drug-likeness (QED) is 0.325. The molecule has 0 radical (unpaired) electrons. The number of amides is 2. The van der Waals surface area contributed by atoms with Crippen LogP contribution < -0.4 is 10.6 Å². The van der Waals surface area contributed by atoms with Crippen molar-refractivity contribution in [3.8, 4) is 11.5 Å². The highest BCUT2D eigenvalue weighted by atomic mass is 32.2. The standard InChI is InChI=1S/C19H15N5O4S2/c1-11-5-2-3-6-12(11)20-16(25)10-29-19-23-22-18(30-19)21-17(26)13-9-15(28-24-13)14-7-4-8-27-14/h2-9H,10H2,1H3,(H,20,25)(H,21,22,26). The number of anilines is 2. The number of hydrogen-bond donors (Lipinski definition) is 2. The van der Waals surface area contributed by atoms with Crippen LogP contribution in [0.4, 0.5) is 10.8 Å². The molecule has 0 bridgehead atoms. The number of furan rings is 1. The number of rotatable bonds is 7. The molecule has 11 heteroatoms. The molecule has 0 atom stereocenters. The summed E-state index contributed by atoms with van der Waals surface area (Å²) in [6.45, 7) is 1.93. The van der Waals surface area contributed by atoms with Crippen molar-refractivity contribution in [3.63, 3.8) is 0 Å². The molecule has 0 saturated carbocycles. The molecule has 4 aromatic rings. The Balaban J connectivity index is 1.30. The number of thioether (sulfide) groups is 1. The predicted molar refractivity (Wildman–Crippen MR) is 113 cm³/mol. The Labute approximate surface area is 178 Å².